The molecule has 0 bridgehead atoms. The maximum absolute atomic E-state index is 11.7. The molecule has 0 aliphatic heterocycles. The van der Waals surface area contributed by atoms with Crippen molar-refractivity contribution in [3.05, 3.63) is 60.7 Å². The van der Waals surface area contributed by atoms with E-state index in [0.717, 1.165) is 5.01 Å². The Bertz CT molecular complexity index is 539. The molecule has 0 aliphatic carbocycles. The average molecular weight is 240 g/mol. The van der Waals surface area contributed by atoms with Crippen LogP contribution in [0.1, 0.15) is 0 Å². The summed E-state index contributed by atoms with van der Waals surface area (Å²) < 4.78 is 0. The lowest BCUT2D eigenvalue weighted by atomic mass is 10.3. The highest BCUT2D eigenvalue weighted by molar-refractivity contribution is 5.91. The molecule has 2 rings (SSSR count). The van der Waals surface area contributed by atoms with Gasteiger partial charge in [0.2, 0.25) is 0 Å². The van der Waals surface area contributed by atoms with Gasteiger partial charge in [-0.1, -0.05) is 41.5 Å². The number of para-hydroxylation sites is 1. The van der Waals surface area contributed by atoms with Crippen LogP contribution in [-0.4, -0.2) is 6.03 Å². The van der Waals surface area contributed by atoms with Crippen LogP contribution in [0, 0.1) is 0 Å². The summed E-state index contributed by atoms with van der Waals surface area (Å²) in [6, 6.07) is 17.2. The van der Waals surface area contributed by atoms with E-state index in [1.54, 1.807) is 36.4 Å². The van der Waals surface area contributed by atoms with Gasteiger partial charge in [-0.05, 0) is 24.3 Å². The van der Waals surface area contributed by atoms with Gasteiger partial charge in [0.15, 0.2) is 0 Å². The first-order chi connectivity index (χ1) is 8.77. The van der Waals surface area contributed by atoms with Crippen LogP contribution in [0.3, 0.4) is 0 Å². The van der Waals surface area contributed by atoms with Gasteiger partial charge in [0.1, 0.15) is 0 Å². The topological polar surface area (TPSA) is 71.0 Å². The van der Waals surface area contributed by atoms with E-state index < -0.39 is 6.03 Å². The third-order valence-corrected chi connectivity index (χ3v) is 2.25. The van der Waals surface area contributed by atoms with Crippen molar-refractivity contribution >= 4 is 17.4 Å². The van der Waals surface area contributed by atoms with Crippen molar-refractivity contribution in [2.75, 3.05) is 5.01 Å². The summed E-state index contributed by atoms with van der Waals surface area (Å²) in [7, 11) is 0. The van der Waals surface area contributed by atoms with E-state index in [9.17, 15) is 4.79 Å². The van der Waals surface area contributed by atoms with E-state index in [-0.39, 0.29) is 0 Å². The summed E-state index contributed by atoms with van der Waals surface area (Å²) in [6.07, 6.45) is 0. The normalized spacial score (nSPS) is 10.5. The fourth-order valence-corrected chi connectivity index (χ4v) is 1.34. The Morgan fingerprint density at radius 2 is 1.50 bits per heavy atom. The summed E-state index contributed by atoms with van der Waals surface area (Å²) in [5.41, 5.74) is 1.17. The fraction of sp³-hybridized carbons (Fsp3) is 0. The second-order valence-corrected chi connectivity index (χ2v) is 3.52. The van der Waals surface area contributed by atoms with Crippen molar-refractivity contribution in [2.24, 2.45) is 16.1 Å². The number of hydrogen-bond donors (Lipinski definition) is 1. The zero-order valence-electron chi connectivity index (χ0n) is 9.60. The third-order valence-electron chi connectivity index (χ3n) is 2.25. The highest BCUT2D eigenvalue weighted by Crippen LogP contribution is 2.13. The van der Waals surface area contributed by atoms with Crippen LogP contribution in [0.5, 0.6) is 0 Å². The van der Waals surface area contributed by atoms with Gasteiger partial charge < -0.3 is 0 Å². The van der Waals surface area contributed by atoms with Gasteiger partial charge in [-0.15, -0.1) is 5.11 Å². The van der Waals surface area contributed by atoms with Gasteiger partial charge in [-0.3, -0.25) is 0 Å². The van der Waals surface area contributed by atoms with E-state index in [4.69, 9.17) is 5.84 Å². The molecule has 0 unspecified atom stereocenters. The molecule has 18 heavy (non-hydrogen) atoms. The van der Waals surface area contributed by atoms with Gasteiger partial charge in [0.05, 0.1) is 11.4 Å². The zero-order valence-corrected chi connectivity index (χ0v) is 9.60. The molecule has 0 atom stereocenters. The maximum atomic E-state index is 11.7. The molecule has 5 heteroatoms. The van der Waals surface area contributed by atoms with Gasteiger partial charge in [-0.2, -0.15) is 0 Å². The quantitative estimate of drug-likeness (QED) is 0.378. The van der Waals surface area contributed by atoms with E-state index in [2.05, 4.69) is 10.2 Å². The highest BCUT2D eigenvalue weighted by Gasteiger charge is 2.09. The van der Waals surface area contributed by atoms with Crippen molar-refractivity contribution in [3.63, 3.8) is 0 Å². The van der Waals surface area contributed by atoms with E-state index in [1.807, 2.05) is 24.3 Å². The number of hydrogen-bond acceptors (Lipinski definition) is 3. The van der Waals surface area contributed by atoms with E-state index >= 15 is 0 Å². The van der Waals surface area contributed by atoms with Crippen molar-refractivity contribution < 1.29 is 4.79 Å². The monoisotopic (exact) mass is 240 g/mol. The number of nitrogens with zero attached hydrogens (tertiary/aromatic N) is 3. The van der Waals surface area contributed by atoms with E-state index in [0.29, 0.717) is 11.4 Å². The molecule has 0 heterocycles. The Morgan fingerprint density at radius 1 is 0.944 bits per heavy atom. The van der Waals surface area contributed by atoms with Crippen molar-refractivity contribution in [3.8, 4) is 0 Å². The molecular weight excluding hydrogens is 228 g/mol. The second kappa shape index (κ2) is 5.70. The number of hydrazine groups is 1. The van der Waals surface area contributed by atoms with Crippen LogP contribution >= 0.6 is 0 Å². The van der Waals surface area contributed by atoms with Crippen LogP contribution in [-0.2, 0) is 0 Å². The third kappa shape index (κ3) is 2.99. The summed E-state index contributed by atoms with van der Waals surface area (Å²) in [5, 5.41) is 8.32. The predicted molar refractivity (Wildman–Crippen MR) is 69.5 cm³/mol. The van der Waals surface area contributed by atoms with Gasteiger partial charge in [0.25, 0.3) is 0 Å². The Morgan fingerprint density at radius 3 is 2.11 bits per heavy atom. The largest absolute Gasteiger partial charge is 0.381 e. The Balaban J connectivity index is 2.07. The highest BCUT2D eigenvalue weighted by atomic mass is 16.2. The molecule has 2 amide bonds. The molecular formula is C13H12N4O. The van der Waals surface area contributed by atoms with Crippen LogP contribution in [0.2, 0.25) is 0 Å². The molecule has 2 aromatic carbocycles. The minimum absolute atomic E-state index is 0.564. The van der Waals surface area contributed by atoms with Crippen LogP contribution in [0.15, 0.2) is 70.9 Å². The zero-order chi connectivity index (χ0) is 12.8. The number of rotatable bonds is 2. The van der Waals surface area contributed by atoms with Crippen molar-refractivity contribution in [2.45, 2.75) is 0 Å². The van der Waals surface area contributed by atoms with Crippen molar-refractivity contribution in [1.82, 2.24) is 0 Å². The molecule has 0 saturated heterocycles. The molecule has 0 radical (unpaired) electrons. The van der Waals surface area contributed by atoms with Crippen molar-refractivity contribution in [1.29, 1.82) is 0 Å². The number of anilines is 1. The molecule has 5 nitrogen and oxygen atoms in total. The Hall–Kier alpha value is -2.53. The smallest absolute Gasteiger partial charge is 0.242 e. The first-order valence-corrected chi connectivity index (χ1v) is 5.38. The first kappa shape index (κ1) is 11.9. The Kier molecular flexibility index (Phi) is 3.78. The van der Waals surface area contributed by atoms with Crippen LogP contribution in [0.25, 0.3) is 0 Å². The van der Waals surface area contributed by atoms with Crippen LogP contribution < -0.4 is 10.9 Å². The SMILES string of the molecule is NN(C(=O)N=Nc1ccccc1)c1ccccc1. The number of amides is 2. The first-order valence-electron chi connectivity index (χ1n) is 5.38. The molecule has 2 aromatic rings. The minimum atomic E-state index is -0.620. The lowest BCUT2D eigenvalue weighted by Crippen LogP contribution is -2.34. The van der Waals surface area contributed by atoms with E-state index in [1.165, 1.54) is 0 Å². The molecule has 2 N–H and O–H groups in total. The van der Waals surface area contributed by atoms with Crippen LogP contribution in [0.4, 0.5) is 16.2 Å². The number of azo groups is 1. The second-order valence-electron chi connectivity index (χ2n) is 3.52. The summed E-state index contributed by atoms with van der Waals surface area (Å²) in [6.45, 7) is 0. The lowest BCUT2D eigenvalue weighted by molar-refractivity contribution is 0.253. The predicted octanol–water partition coefficient (Wildman–Crippen LogP) is 3.27. The number of carbonyl (C=O) groups is 1. The molecule has 0 saturated carbocycles. The fourth-order valence-electron chi connectivity index (χ4n) is 1.34. The molecule has 0 aromatic heterocycles. The van der Waals surface area contributed by atoms with Gasteiger partial charge >= 0.3 is 6.03 Å². The van der Waals surface area contributed by atoms with Gasteiger partial charge in [-0.25, -0.2) is 15.6 Å². The summed E-state index contributed by atoms with van der Waals surface area (Å²) in [5.74, 6) is 5.63. The Labute approximate surface area is 105 Å². The number of benzene rings is 2. The molecule has 0 aliphatic rings. The van der Waals surface area contributed by atoms with Gasteiger partial charge in [0, 0.05) is 0 Å². The average Bonchev–Trinajstić information content (AvgIpc) is 2.46. The number of nitrogens with two attached hydrogens (primary N) is 1. The molecule has 0 spiro atoms. The standard InChI is InChI=1S/C13H12N4O/c14-17(12-9-5-2-6-10-12)13(18)16-15-11-7-3-1-4-8-11/h1-10H,14H2. The lowest BCUT2D eigenvalue weighted by Gasteiger charge is -2.12. The number of urea groups is 1. The molecule has 90 valence electrons. The number of carbonyl (C=O) groups excluding carboxylic acids is 1. The summed E-state index contributed by atoms with van der Waals surface area (Å²) in [4.78, 5) is 11.7. The minimum Gasteiger partial charge on any atom is -0.242 e. The summed E-state index contributed by atoms with van der Waals surface area (Å²) >= 11 is 0. The maximum Gasteiger partial charge on any atom is 0.381 e. The molecule has 0 fully saturated rings.